The molecule has 0 bridgehead atoms. The Morgan fingerprint density at radius 2 is 1.33 bits per heavy atom. The third-order valence-corrected chi connectivity index (χ3v) is 3.74. The second kappa shape index (κ2) is 5.94. The van der Waals surface area contributed by atoms with Gasteiger partial charge in [-0.05, 0) is 22.8 Å². The van der Waals surface area contributed by atoms with Crippen LogP contribution < -0.4 is 0 Å². The summed E-state index contributed by atoms with van der Waals surface area (Å²) >= 11 is 6.24. The van der Waals surface area contributed by atoms with Gasteiger partial charge in [-0.2, -0.15) is 0 Å². The third kappa shape index (κ3) is 2.88. The van der Waals surface area contributed by atoms with Crippen LogP contribution >= 0.6 is 11.6 Å². The van der Waals surface area contributed by atoms with Gasteiger partial charge in [0.25, 0.3) is 0 Å². The highest BCUT2D eigenvalue weighted by Gasteiger charge is 2.05. The number of hydrogen-bond donors (Lipinski definition) is 0. The van der Waals surface area contributed by atoms with E-state index in [0.717, 1.165) is 17.4 Å². The zero-order valence-corrected chi connectivity index (χ0v) is 12.0. The van der Waals surface area contributed by atoms with E-state index in [4.69, 9.17) is 11.6 Å². The number of hydrogen-bond acceptors (Lipinski definition) is 1. The van der Waals surface area contributed by atoms with Gasteiger partial charge in [0, 0.05) is 16.1 Å². The molecule has 0 saturated carbocycles. The lowest BCUT2D eigenvalue weighted by Gasteiger charge is -2.07. The van der Waals surface area contributed by atoms with Gasteiger partial charge in [0.1, 0.15) is 6.29 Å². The molecule has 21 heavy (non-hydrogen) atoms. The van der Waals surface area contributed by atoms with E-state index >= 15 is 0 Å². The van der Waals surface area contributed by atoms with E-state index in [1.165, 1.54) is 11.1 Å². The maximum absolute atomic E-state index is 10.7. The normalized spacial score (nSPS) is 10.3. The Hall–Kier alpha value is -2.38. The molecular weight excluding hydrogens is 280 g/mol. The average molecular weight is 293 g/mol. The van der Waals surface area contributed by atoms with E-state index in [2.05, 4.69) is 24.3 Å². The lowest BCUT2D eigenvalue weighted by molar-refractivity contribution is 0.112. The Bertz CT molecular complexity index is 761. The van der Waals surface area contributed by atoms with Crippen molar-refractivity contribution in [1.29, 1.82) is 0 Å². The summed E-state index contributed by atoms with van der Waals surface area (Å²) in [5.41, 5.74) is 4.91. The molecule has 0 unspecified atom stereocenters. The zero-order valence-electron chi connectivity index (χ0n) is 11.3. The maximum atomic E-state index is 10.7. The molecule has 3 rings (SSSR count). The van der Waals surface area contributed by atoms with Gasteiger partial charge in [0.2, 0.25) is 0 Å². The number of aldehydes is 1. The van der Waals surface area contributed by atoms with Crippen molar-refractivity contribution in [2.75, 3.05) is 0 Å². The third-order valence-electron chi connectivity index (χ3n) is 3.43. The van der Waals surface area contributed by atoms with E-state index in [0.29, 0.717) is 10.6 Å². The minimum absolute atomic E-state index is 0.588. The maximum Gasteiger partial charge on any atom is 0.150 e. The Balaban J connectivity index is 1.96. The molecule has 0 aromatic heterocycles. The van der Waals surface area contributed by atoms with E-state index in [1.807, 2.05) is 36.4 Å². The molecule has 1 nitrogen and oxygen atoms in total. The van der Waals surface area contributed by atoms with Crippen LogP contribution in [0.5, 0.6) is 0 Å². The van der Waals surface area contributed by atoms with Crippen molar-refractivity contribution in [1.82, 2.24) is 0 Å². The molecular formula is C19H13ClO. The summed E-state index contributed by atoms with van der Waals surface area (Å²) in [6.45, 7) is 0. The first-order valence-corrected chi connectivity index (χ1v) is 7.06. The summed E-state index contributed by atoms with van der Waals surface area (Å²) in [7, 11) is 0. The monoisotopic (exact) mass is 292 g/mol. The molecule has 3 aromatic carbocycles. The minimum atomic E-state index is 0.588. The Morgan fingerprint density at radius 1 is 0.714 bits per heavy atom. The fraction of sp³-hybridized carbons (Fsp3) is 0. The number of benzene rings is 3. The molecule has 3 aromatic rings. The van der Waals surface area contributed by atoms with Crippen molar-refractivity contribution < 1.29 is 4.79 Å². The topological polar surface area (TPSA) is 17.1 Å². The van der Waals surface area contributed by atoms with Gasteiger partial charge in [-0.25, -0.2) is 0 Å². The van der Waals surface area contributed by atoms with Crippen LogP contribution in [0.1, 0.15) is 10.4 Å². The average Bonchev–Trinajstić information content (AvgIpc) is 2.56. The van der Waals surface area contributed by atoms with Crippen LogP contribution in [-0.4, -0.2) is 6.29 Å². The molecule has 0 fully saturated rings. The largest absolute Gasteiger partial charge is 0.298 e. The molecule has 0 aliphatic heterocycles. The number of halogens is 1. The first-order chi connectivity index (χ1) is 10.3. The van der Waals surface area contributed by atoms with Crippen LogP contribution in [0.15, 0.2) is 72.8 Å². The van der Waals surface area contributed by atoms with E-state index in [9.17, 15) is 4.79 Å². The lowest BCUT2D eigenvalue weighted by Crippen LogP contribution is -1.84. The molecule has 102 valence electrons. The van der Waals surface area contributed by atoms with Gasteiger partial charge in [-0.15, -0.1) is 0 Å². The molecule has 0 amide bonds. The van der Waals surface area contributed by atoms with Crippen LogP contribution in [0.25, 0.3) is 22.3 Å². The van der Waals surface area contributed by atoms with Crippen LogP contribution in [0.3, 0.4) is 0 Å². The second-order valence-corrected chi connectivity index (χ2v) is 5.21. The molecule has 0 atom stereocenters. The van der Waals surface area contributed by atoms with Crippen molar-refractivity contribution in [2.45, 2.75) is 0 Å². The molecule has 0 saturated heterocycles. The van der Waals surface area contributed by atoms with E-state index in [-0.39, 0.29) is 0 Å². The SMILES string of the molecule is O=Cc1ccc(-c2ccc(-c3ccccc3)cc2)c(Cl)c1. The van der Waals surface area contributed by atoms with Crippen LogP contribution in [0, 0.1) is 0 Å². The fourth-order valence-electron chi connectivity index (χ4n) is 2.31. The predicted octanol–water partition coefficient (Wildman–Crippen LogP) is 5.49. The van der Waals surface area contributed by atoms with E-state index in [1.54, 1.807) is 12.1 Å². The van der Waals surface area contributed by atoms with Crippen LogP contribution in [0.4, 0.5) is 0 Å². The highest BCUT2D eigenvalue weighted by atomic mass is 35.5. The fourth-order valence-corrected chi connectivity index (χ4v) is 2.61. The summed E-state index contributed by atoms with van der Waals surface area (Å²) in [4.78, 5) is 10.7. The lowest BCUT2D eigenvalue weighted by atomic mass is 10.00. The molecule has 0 N–H and O–H groups in total. The smallest absolute Gasteiger partial charge is 0.150 e. The minimum Gasteiger partial charge on any atom is -0.298 e. The molecule has 0 aliphatic carbocycles. The second-order valence-electron chi connectivity index (χ2n) is 4.80. The Labute approximate surface area is 128 Å². The number of carbonyl (C=O) groups excluding carboxylic acids is 1. The number of rotatable bonds is 3. The summed E-state index contributed by atoms with van der Waals surface area (Å²) in [5.74, 6) is 0. The van der Waals surface area contributed by atoms with Gasteiger partial charge < -0.3 is 0 Å². The van der Waals surface area contributed by atoms with Crippen molar-refractivity contribution >= 4 is 17.9 Å². The first kappa shape index (κ1) is 13.6. The molecule has 0 spiro atoms. The zero-order chi connectivity index (χ0) is 14.7. The Kier molecular flexibility index (Phi) is 3.85. The quantitative estimate of drug-likeness (QED) is 0.584. The summed E-state index contributed by atoms with van der Waals surface area (Å²) in [5, 5.41) is 0.590. The summed E-state index contributed by atoms with van der Waals surface area (Å²) in [6.07, 6.45) is 0.800. The van der Waals surface area contributed by atoms with Crippen LogP contribution in [0.2, 0.25) is 5.02 Å². The van der Waals surface area contributed by atoms with Gasteiger partial charge in [-0.1, -0.05) is 78.3 Å². The molecule has 0 aliphatic rings. The van der Waals surface area contributed by atoms with Gasteiger partial charge in [0.15, 0.2) is 0 Å². The standard InChI is InChI=1S/C19H13ClO/c20-19-12-14(13-21)6-11-18(19)17-9-7-16(8-10-17)15-4-2-1-3-5-15/h1-13H. The molecule has 0 heterocycles. The first-order valence-electron chi connectivity index (χ1n) is 6.68. The number of carbonyl (C=O) groups is 1. The molecule has 2 heteroatoms. The summed E-state index contributed by atoms with van der Waals surface area (Å²) < 4.78 is 0. The van der Waals surface area contributed by atoms with Crippen molar-refractivity contribution in [3.8, 4) is 22.3 Å². The Morgan fingerprint density at radius 3 is 1.95 bits per heavy atom. The van der Waals surface area contributed by atoms with Gasteiger partial charge in [-0.3, -0.25) is 4.79 Å². The van der Waals surface area contributed by atoms with Gasteiger partial charge >= 0.3 is 0 Å². The summed E-state index contributed by atoms with van der Waals surface area (Å²) in [6, 6.07) is 23.8. The van der Waals surface area contributed by atoms with Crippen molar-refractivity contribution in [2.24, 2.45) is 0 Å². The highest BCUT2D eigenvalue weighted by Crippen LogP contribution is 2.30. The van der Waals surface area contributed by atoms with E-state index < -0.39 is 0 Å². The van der Waals surface area contributed by atoms with Crippen molar-refractivity contribution in [3.05, 3.63) is 83.4 Å². The predicted molar refractivity (Wildman–Crippen MR) is 87.7 cm³/mol. The van der Waals surface area contributed by atoms with Gasteiger partial charge in [0.05, 0.1) is 0 Å². The van der Waals surface area contributed by atoms with Crippen LogP contribution in [-0.2, 0) is 0 Å². The molecule has 0 radical (unpaired) electrons. The highest BCUT2D eigenvalue weighted by molar-refractivity contribution is 6.33. The van der Waals surface area contributed by atoms with Crippen molar-refractivity contribution in [3.63, 3.8) is 0 Å².